The summed E-state index contributed by atoms with van der Waals surface area (Å²) in [6.07, 6.45) is 3.91. The van der Waals surface area contributed by atoms with Gasteiger partial charge in [0.15, 0.2) is 17.3 Å². The number of piperazine rings is 1. The second kappa shape index (κ2) is 9.04. The van der Waals surface area contributed by atoms with Crippen molar-refractivity contribution in [3.8, 4) is 11.5 Å². The first-order valence-electron chi connectivity index (χ1n) is 9.96. The summed E-state index contributed by atoms with van der Waals surface area (Å²) in [4.78, 5) is 17.0. The second-order valence-electron chi connectivity index (χ2n) is 7.30. The zero-order valence-corrected chi connectivity index (χ0v) is 17.3. The van der Waals surface area contributed by atoms with E-state index in [2.05, 4.69) is 10.00 Å². The number of carbonyl (C=O) groups excluding carboxylic acids is 1. The van der Waals surface area contributed by atoms with Crippen LogP contribution in [0.15, 0.2) is 53.2 Å². The Morgan fingerprint density at radius 1 is 1.10 bits per heavy atom. The fourth-order valence-corrected chi connectivity index (χ4v) is 3.53. The molecule has 1 aromatic carbocycles. The van der Waals surface area contributed by atoms with Gasteiger partial charge in [-0.15, -0.1) is 0 Å². The van der Waals surface area contributed by atoms with E-state index in [0.29, 0.717) is 36.1 Å². The van der Waals surface area contributed by atoms with Crippen LogP contribution in [0, 0.1) is 0 Å². The molecule has 2 aromatic heterocycles. The summed E-state index contributed by atoms with van der Waals surface area (Å²) in [5.41, 5.74) is 1.18. The Hall–Kier alpha value is -3.26. The van der Waals surface area contributed by atoms with Crippen molar-refractivity contribution < 1.29 is 18.7 Å². The molecular weight excluding hydrogens is 384 g/mol. The molecule has 1 aliphatic rings. The van der Waals surface area contributed by atoms with Crippen molar-refractivity contribution in [2.45, 2.75) is 13.2 Å². The SMILES string of the molecule is COc1ccccc1OCc1ccc(C(=O)N2CCN(Cc3cnn(C)c3)CC2)o1. The van der Waals surface area contributed by atoms with Gasteiger partial charge in [0.25, 0.3) is 5.91 Å². The molecule has 0 spiro atoms. The third-order valence-electron chi connectivity index (χ3n) is 5.14. The standard InChI is InChI=1S/C22H26N4O4/c1-24-14-17(13-23-24)15-25-9-11-26(12-10-25)22(27)21-8-7-18(30-21)16-29-20-6-4-3-5-19(20)28-2/h3-8,13-14H,9-12,15-16H2,1-2H3. The number of methoxy groups -OCH3 is 1. The van der Waals surface area contributed by atoms with Gasteiger partial charge in [-0.05, 0) is 24.3 Å². The van der Waals surface area contributed by atoms with E-state index >= 15 is 0 Å². The quantitative estimate of drug-likeness (QED) is 0.596. The topological polar surface area (TPSA) is 73.0 Å². The lowest BCUT2D eigenvalue weighted by Crippen LogP contribution is -2.48. The van der Waals surface area contributed by atoms with Gasteiger partial charge in [-0.2, -0.15) is 5.10 Å². The van der Waals surface area contributed by atoms with Crippen LogP contribution in [0.4, 0.5) is 0 Å². The van der Waals surface area contributed by atoms with E-state index in [1.807, 2.05) is 48.6 Å². The van der Waals surface area contributed by atoms with Crippen LogP contribution < -0.4 is 9.47 Å². The number of aryl methyl sites for hydroxylation is 1. The van der Waals surface area contributed by atoms with E-state index in [1.165, 1.54) is 5.56 Å². The molecule has 1 fully saturated rings. The molecule has 1 amide bonds. The van der Waals surface area contributed by atoms with Crippen molar-refractivity contribution in [3.05, 3.63) is 65.9 Å². The third kappa shape index (κ3) is 4.65. The van der Waals surface area contributed by atoms with E-state index in [4.69, 9.17) is 13.9 Å². The van der Waals surface area contributed by atoms with Crippen molar-refractivity contribution >= 4 is 5.91 Å². The van der Waals surface area contributed by atoms with Crippen LogP contribution in [0.25, 0.3) is 0 Å². The highest BCUT2D eigenvalue weighted by Gasteiger charge is 2.24. The smallest absolute Gasteiger partial charge is 0.289 e. The van der Waals surface area contributed by atoms with Crippen LogP contribution in [0.5, 0.6) is 11.5 Å². The molecule has 1 saturated heterocycles. The Kier molecular flexibility index (Phi) is 6.04. The normalized spacial score (nSPS) is 14.7. The number of amides is 1. The first-order valence-corrected chi connectivity index (χ1v) is 9.96. The van der Waals surface area contributed by atoms with E-state index < -0.39 is 0 Å². The first kappa shape index (κ1) is 20.0. The summed E-state index contributed by atoms with van der Waals surface area (Å²) in [5, 5.41) is 4.21. The van der Waals surface area contributed by atoms with Gasteiger partial charge in [0.2, 0.25) is 0 Å². The number of furan rings is 1. The third-order valence-corrected chi connectivity index (χ3v) is 5.14. The molecule has 3 heterocycles. The minimum Gasteiger partial charge on any atom is -0.493 e. The molecule has 0 bridgehead atoms. The molecule has 3 aromatic rings. The molecule has 1 aliphatic heterocycles. The van der Waals surface area contributed by atoms with Crippen LogP contribution in [0.3, 0.4) is 0 Å². The van der Waals surface area contributed by atoms with Crippen molar-refractivity contribution in [1.82, 2.24) is 19.6 Å². The average molecular weight is 410 g/mol. The predicted octanol–water partition coefficient (Wildman–Crippen LogP) is 2.56. The maximum absolute atomic E-state index is 12.8. The fraction of sp³-hybridized carbons (Fsp3) is 0.364. The lowest BCUT2D eigenvalue weighted by molar-refractivity contribution is 0.0594. The van der Waals surface area contributed by atoms with Crippen LogP contribution in [0.1, 0.15) is 21.9 Å². The fourth-order valence-electron chi connectivity index (χ4n) is 3.53. The maximum atomic E-state index is 12.8. The summed E-state index contributed by atoms with van der Waals surface area (Å²) in [6, 6.07) is 10.9. The predicted molar refractivity (Wildman–Crippen MR) is 110 cm³/mol. The van der Waals surface area contributed by atoms with E-state index in [-0.39, 0.29) is 12.5 Å². The molecule has 30 heavy (non-hydrogen) atoms. The molecule has 158 valence electrons. The number of carbonyl (C=O) groups is 1. The van der Waals surface area contributed by atoms with Gasteiger partial charge in [-0.1, -0.05) is 12.1 Å². The van der Waals surface area contributed by atoms with Crippen molar-refractivity contribution in [3.63, 3.8) is 0 Å². The van der Waals surface area contributed by atoms with E-state index in [0.717, 1.165) is 19.6 Å². The van der Waals surface area contributed by atoms with Crippen LogP contribution in [0.2, 0.25) is 0 Å². The number of aromatic nitrogens is 2. The highest BCUT2D eigenvalue weighted by atomic mass is 16.5. The molecule has 4 rings (SSSR count). The van der Waals surface area contributed by atoms with Gasteiger partial charge in [0.1, 0.15) is 12.4 Å². The Bertz CT molecular complexity index is 988. The van der Waals surface area contributed by atoms with Crippen LogP contribution in [-0.4, -0.2) is 58.8 Å². The summed E-state index contributed by atoms with van der Waals surface area (Å²) in [7, 11) is 3.52. The van der Waals surface area contributed by atoms with Gasteiger partial charge >= 0.3 is 0 Å². The highest BCUT2D eigenvalue weighted by Crippen LogP contribution is 2.27. The van der Waals surface area contributed by atoms with Gasteiger partial charge in [0, 0.05) is 51.5 Å². The molecule has 0 saturated carbocycles. The molecule has 0 aliphatic carbocycles. The highest BCUT2D eigenvalue weighted by molar-refractivity contribution is 5.91. The van der Waals surface area contributed by atoms with Crippen LogP contribution >= 0.6 is 0 Å². The molecule has 8 nitrogen and oxygen atoms in total. The maximum Gasteiger partial charge on any atom is 0.289 e. The molecule has 0 unspecified atom stereocenters. The second-order valence-corrected chi connectivity index (χ2v) is 7.30. The van der Waals surface area contributed by atoms with Crippen molar-refractivity contribution in [1.29, 1.82) is 0 Å². The van der Waals surface area contributed by atoms with E-state index in [9.17, 15) is 4.79 Å². The molecular formula is C22H26N4O4. The van der Waals surface area contributed by atoms with Crippen molar-refractivity contribution in [2.75, 3.05) is 33.3 Å². The van der Waals surface area contributed by atoms with Gasteiger partial charge < -0.3 is 18.8 Å². The summed E-state index contributed by atoms with van der Waals surface area (Å²) >= 11 is 0. The molecule has 8 heteroatoms. The minimum absolute atomic E-state index is 0.0837. The van der Waals surface area contributed by atoms with Crippen LogP contribution in [-0.2, 0) is 20.2 Å². The lowest BCUT2D eigenvalue weighted by Gasteiger charge is -2.34. The zero-order chi connectivity index (χ0) is 20.9. The summed E-state index contributed by atoms with van der Waals surface area (Å²) in [5.74, 6) is 2.15. The van der Waals surface area contributed by atoms with Gasteiger partial charge in [-0.25, -0.2) is 0 Å². The Balaban J connectivity index is 1.29. The number of rotatable bonds is 7. The number of hydrogen-bond acceptors (Lipinski definition) is 6. The number of benzene rings is 1. The Labute approximate surface area is 175 Å². The Morgan fingerprint density at radius 3 is 2.57 bits per heavy atom. The summed E-state index contributed by atoms with van der Waals surface area (Å²) in [6.45, 7) is 4.07. The molecule has 0 atom stereocenters. The largest absolute Gasteiger partial charge is 0.493 e. The molecule has 0 N–H and O–H groups in total. The van der Waals surface area contributed by atoms with Gasteiger partial charge in [0.05, 0.1) is 13.3 Å². The lowest BCUT2D eigenvalue weighted by atomic mass is 10.2. The molecule has 0 radical (unpaired) electrons. The van der Waals surface area contributed by atoms with Crippen molar-refractivity contribution in [2.24, 2.45) is 7.05 Å². The number of ether oxygens (including phenoxy) is 2. The number of hydrogen-bond donors (Lipinski definition) is 0. The van der Waals surface area contributed by atoms with E-state index in [1.54, 1.807) is 23.9 Å². The Morgan fingerprint density at radius 2 is 1.87 bits per heavy atom. The first-order chi connectivity index (χ1) is 14.6. The van der Waals surface area contributed by atoms with Gasteiger partial charge in [-0.3, -0.25) is 14.4 Å². The number of nitrogens with zero attached hydrogens (tertiary/aromatic N) is 4. The zero-order valence-electron chi connectivity index (χ0n) is 17.3. The average Bonchev–Trinajstić information content (AvgIpc) is 3.41. The summed E-state index contributed by atoms with van der Waals surface area (Å²) < 4.78 is 18.6. The minimum atomic E-state index is -0.0837. The number of para-hydroxylation sites is 2. The monoisotopic (exact) mass is 410 g/mol.